The lowest BCUT2D eigenvalue weighted by atomic mass is 10.1. The highest BCUT2D eigenvalue weighted by atomic mass is 16.2. The topological polar surface area (TPSA) is 213 Å². The number of anilines is 2. The third-order valence-electron chi connectivity index (χ3n) is 5.05. The maximum Gasteiger partial charge on any atom is 0.272 e. The quantitative estimate of drug-likeness (QED) is 0.290. The van der Waals surface area contributed by atoms with Crippen LogP contribution in [0.2, 0.25) is 0 Å². The molecule has 3 heterocycles. The number of aliphatic imine (C=N–C) groups is 2. The van der Waals surface area contributed by atoms with Gasteiger partial charge in [0.25, 0.3) is 17.7 Å². The summed E-state index contributed by atoms with van der Waals surface area (Å²) in [5.74, 6) is -1.63. The molecule has 33 heavy (non-hydrogen) atoms. The van der Waals surface area contributed by atoms with E-state index in [0.29, 0.717) is 28.3 Å². The Kier molecular flexibility index (Phi) is 6.44. The first-order valence-corrected chi connectivity index (χ1v) is 9.97. The Morgan fingerprint density at radius 2 is 1.55 bits per heavy atom. The van der Waals surface area contributed by atoms with Gasteiger partial charge in [0.15, 0.2) is 0 Å². The van der Waals surface area contributed by atoms with E-state index in [1.807, 2.05) is 0 Å². The number of hydrogen-bond acceptors (Lipinski definition) is 7. The molecule has 0 saturated carbocycles. The summed E-state index contributed by atoms with van der Waals surface area (Å²) in [7, 11) is 0. The largest absolute Gasteiger partial charge is 0.370 e. The lowest BCUT2D eigenvalue weighted by molar-refractivity contribution is -0.119. The summed E-state index contributed by atoms with van der Waals surface area (Å²) in [6.45, 7) is 5.05. The van der Waals surface area contributed by atoms with Crippen molar-refractivity contribution >= 4 is 47.1 Å². The van der Waals surface area contributed by atoms with Crippen molar-refractivity contribution in [1.29, 1.82) is 0 Å². The van der Waals surface area contributed by atoms with Crippen molar-refractivity contribution in [3.63, 3.8) is 0 Å². The third kappa shape index (κ3) is 4.98. The van der Waals surface area contributed by atoms with Crippen molar-refractivity contribution in [3.05, 3.63) is 34.9 Å². The predicted octanol–water partition coefficient (Wildman–Crippen LogP) is -0.0866. The van der Waals surface area contributed by atoms with Crippen molar-refractivity contribution in [2.75, 3.05) is 17.2 Å². The number of amidine groups is 1. The normalized spacial score (nSPS) is 16.9. The summed E-state index contributed by atoms with van der Waals surface area (Å²) in [6, 6.07) is 0. The average molecular weight is 455 g/mol. The second-order valence-electron chi connectivity index (χ2n) is 7.53. The standard InChI is InChI=1S/C20H25N9O4/c1-9-12(6-24-15(9)17(31)23-5-4-14(21)30)27-18(32)16-10(2)13(7-25-16)28-19(33)20(22)8-26-11(3)29-20/h6-8,24-25H,4-5,22H2,1-3H3,(H2,21,30)(H,23,31)(H,27,32)(H,28,33). The van der Waals surface area contributed by atoms with Crippen LogP contribution in [0.5, 0.6) is 0 Å². The van der Waals surface area contributed by atoms with Crippen LogP contribution in [0, 0.1) is 13.8 Å². The minimum Gasteiger partial charge on any atom is -0.370 e. The first-order valence-electron chi connectivity index (χ1n) is 9.97. The van der Waals surface area contributed by atoms with Crippen LogP contribution < -0.4 is 27.4 Å². The molecule has 1 atom stereocenters. The second-order valence-corrected chi connectivity index (χ2v) is 7.53. The van der Waals surface area contributed by atoms with Gasteiger partial charge in [0.1, 0.15) is 17.2 Å². The molecular formula is C20H25N9O4. The molecule has 0 fully saturated rings. The summed E-state index contributed by atoms with van der Waals surface area (Å²) in [4.78, 5) is 61.9. The zero-order chi connectivity index (χ0) is 24.3. The van der Waals surface area contributed by atoms with Crippen LogP contribution in [0.15, 0.2) is 22.4 Å². The van der Waals surface area contributed by atoms with Gasteiger partial charge < -0.3 is 31.7 Å². The van der Waals surface area contributed by atoms with Crippen LogP contribution in [0.4, 0.5) is 11.4 Å². The molecule has 0 saturated heterocycles. The van der Waals surface area contributed by atoms with Gasteiger partial charge >= 0.3 is 0 Å². The Morgan fingerprint density at radius 1 is 0.970 bits per heavy atom. The highest BCUT2D eigenvalue weighted by Crippen LogP contribution is 2.23. The van der Waals surface area contributed by atoms with E-state index < -0.39 is 29.3 Å². The molecule has 9 N–H and O–H groups in total. The molecule has 2 aromatic rings. The maximum atomic E-state index is 12.8. The van der Waals surface area contributed by atoms with Crippen LogP contribution in [0.3, 0.4) is 0 Å². The van der Waals surface area contributed by atoms with E-state index in [1.54, 1.807) is 20.8 Å². The lowest BCUT2D eigenvalue weighted by Crippen LogP contribution is -2.50. The number of aromatic nitrogens is 2. The number of nitrogens with one attached hydrogen (secondary N) is 5. The van der Waals surface area contributed by atoms with Gasteiger partial charge in [-0.3, -0.25) is 24.9 Å². The molecule has 0 spiro atoms. The van der Waals surface area contributed by atoms with Gasteiger partial charge in [-0.15, -0.1) is 0 Å². The summed E-state index contributed by atoms with van der Waals surface area (Å²) in [5, 5.41) is 7.93. The number of primary amides is 1. The number of carbonyl (C=O) groups is 4. The zero-order valence-electron chi connectivity index (χ0n) is 18.3. The number of H-pyrrole nitrogens is 2. The molecule has 1 aliphatic heterocycles. The van der Waals surface area contributed by atoms with Gasteiger partial charge in [0.2, 0.25) is 11.6 Å². The number of amides is 4. The van der Waals surface area contributed by atoms with Crippen molar-refractivity contribution in [2.24, 2.45) is 21.5 Å². The Labute approximate surface area is 188 Å². The highest BCUT2D eigenvalue weighted by molar-refractivity contribution is 6.16. The van der Waals surface area contributed by atoms with Crippen LogP contribution >= 0.6 is 0 Å². The van der Waals surface area contributed by atoms with Crippen molar-refractivity contribution in [2.45, 2.75) is 32.9 Å². The van der Waals surface area contributed by atoms with Crippen molar-refractivity contribution < 1.29 is 19.2 Å². The Morgan fingerprint density at radius 3 is 2.09 bits per heavy atom. The van der Waals surface area contributed by atoms with Crippen LogP contribution in [0.25, 0.3) is 0 Å². The number of carbonyl (C=O) groups excluding carboxylic acids is 4. The van der Waals surface area contributed by atoms with Gasteiger partial charge in [0, 0.05) is 36.5 Å². The van der Waals surface area contributed by atoms with Crippen LogP contribution in [-0.2, 0) is 9.59 Å². The fraction of sp³-hybridized carbons (Fsp3) is 0.300. The van der Waals surface area contributed by atoms with Crippen molar-refractivity contribution in [3.8, 4) is 0 Å². The first kappa shape index (κ1) is 23.4. The summed E-state index contributed by atoms with van der Waals surface area (Å²) >= 11 is 0. The SMILES string of the molecule is CC1=NC(N)(C(=O)Nc2c[nH]c(C(=O)Nc3c[nH]c(C(=O)NCCC(N)=O)c3C)c2C)C=N1. The van der Waals surface area contributed by atoms with Gasteiger partial charge in [-0.05, 0) is 20.8 Å². The van der Waals surface area contributed by atoms with Crippen molar-refractivity contribution in [1.82, 2.24) is 15.3 Å². The number of hydrogen-bond donors (Lipinski definition) is 7. The number of nitrogens with zero attached hydrogens (tertiary/aromatic N) is 2. The summed E-state index contributed by atoms with van der Waals surface area (Å²) in [6.07, 6.45) is 4.22. The minimum atomic E-state index is -1.60. The molecular weight excluding hydrogens is 430 g/mol. The van der Waals surface area contributed by atoms with Gasteiger partial charge in [0.05, 0.1) is 17.6 Å². The van der Waals surface area contributed by atoms with Gasteiger partial charge in [-0.1, -0.05) is 0 Å². The molecule has 3 rings (SSSR count). The Hall–Kier alpha value is -4.26. The van der Waals surface area contributed by atoms with Crippen LogP contribution in [-0.4, -0.2) is 57.9 Å². The summed E-state index contributed by atoms with van der Waals surface area (Å²) < 4.78 is 0. The first-order chi connectivity index (χ1) is 15.5. The van der Waals surface area contributed by atoms with E-state index in [0.717, 1.165) is 0 Å². The maximum absolute atomic E-state index is 12.8. The second kappa shape index (κ2) is 9.08. The molecule has 1 aliphatic rings. The minimum absolute atomic E-state index is 0.0180. The van der Waals surface area contributed by atoms with E-state index in [-0.39, 0.29) is 24.4 Å². The zero-order valence-corrected chi connectivity index (χ0v) is 18.3. The Bertz CT molecular complexity index is 1190. The Balaban J connectivity index is 1.67. The third-order valence-corrected chi connectivity index (χ3v) is 5.05. The fourth-order valence-corrected chi connectivity index (χ4v) is 3.14. The molecule has 0 radical (unpaired) electrons. The molecule has 13 nitrogen and oxygen atoms in total. The van der Waals surface area contributed by atoms with E-state index in [9.17, 15) is 19.2 Å². The smallest absolute Gasteiger partial charge is 0.272 e. The molecule has 2 aromatic heterocycles. The number of aromatic amines is 2. The lowest BCUT2D eigenvalue weighted by Gasteiger charge is -2.16. The number of rotatable bonds is 8. The molecule has 0 aliphatic carbocycles. The highest BCUT2D eigenvalue weighted by Gasteiger charge is 2.35. The average Bonchev–Trinajstić information content (AvgIpc) is 3.40. The molecule has 174 valence electrons. The molecule has 13 heteroatoms. The van der Waals surface area contributed by atoms with Gasteiger partial charge in [-0.25, -0.2) is 9.98 Å². The van der Waals surface area contributed by atoms with E-state index in [2.05, 4.69) is 35.9 Å². The molecule has 4 amide bonds. The van der Waals surface area contributed by atoms with E-state index in [4.69, 9.17) is 11.5 Å². The van der Waals surface area contributed by atoms with E-state index >= 15 is 0 Å². The molecule has 0 bridgehead atoms. The number of nitrogens with two attached hydrogens (primary N) is 2. The molecule has 0 aromatic carbocycles. The van der Waals surface area contributed by atoms with Crippen LogP contribution in [0.1, 0.15) is 45.4 Å². The van der Waals surface area contributed by atoms with E-state index in [1.165, 1.54) is 18.6 Å². The monoisotopic (exact) mass is 455 g/mol. The molecule has 1 unspecified atom stereocenters. The predicted molar refractivity (Wildman–Crippen MR) is 122 cm³/mol. The van der Waals surface area contributed by atoms with Gasteiger partial charge in [-0.2, -0.15) is 0 Å². The summed E-state index contributed by atoms with van der Waals surface area (Å²) in [5.41, 5.74) is 11.6. The fourth-order valence-electron chi connectivity index (χ4n) is 3.14.